The molecule has 2 atom stereocenters. The zero-order chi connectivity index (χ0) is 16.1. The number of likely N-dealkylation sites (tertiary alicyclic amines) is 1. The number of amides is 2. The van der Waals surface area contributed by atoms with Gasteiger partial charge in [0.2, 0.25) is 0 Å². The molecule has 1 aromatic carbocycles. The van der Waals surface area contributed by atoms with Gasteiger partial charge in [-0.2, -0.15) is 0 Å². The molecule has 0 radical (unpaired) electrons. The van der Waals surface area contributed by atoms with E-state index in [0.29, 0.717) is 31.5 Å². The summed E-state index contributed by atoms with van der Waals surface area (Å²) in [5, 5.41) is 2.69. The van der Waals surface area contributed by atoms with Crippen LogP contribution in [-0.4, -0.2) is 36.9 Å². The minimum atomic E-state index is -0.530. The summed E-state index contributed by atoms with van der Waals surface area (Å²) < 4.78 is 5.08. The van der Waals surface area contributed by atoms with E-state index in [4.69, 9.17) is 4.74 Å². The fraction of sp³-hybridized carbons (Fsp3) is 0.529. The number of piperidine rings is 1. The van der Waals surface area contributed by atoms with Crippen molar-refractivity contribution in [3.8, 4) is 5.75 Å². The van der Waals surface area contributed by atoms with Gasteiger partial charge in [0.25, 0.3) is 0 Å². The summed E-state index contributed by atoms with van der Waals surface area (Å²) in [6.45, 7) is 5.90. The highest BCUT2D eigenvalue weighted by Gasteiger charge is 2.28. The van der Waals surface area contributed by atoms with Gasteiger partial charge in [-0.05, 0) is 36.0 Å². The fourth-order valence-corrected chi connectivity index (χ4v) is 2.97. The van der Waals surface area contributed by atoms with E-state index in [-0.39, 0.29) is 0 Å². The number of methoxy groups -OCH3 is 1. The average molecular weight is 304 g/mol. The lowest BCUT2D eigenvalue weighted by atomic mass is 9.92. The minimum Gasteiger partial charge on any atom is -0.497 e. The number of rotatable bonds is 3. The summed E-state index contributed by atoms with van der Waals surface area (Å²) in [7, 11) is 1.61. The van der Waals surface area contributed by atoms with Crippen molar-refractivity contribution in [3.05, 3.63) is 29.8 Å². The van der Waals surface area contributed by atoms with Crippen molar-refractivity contribution >= 4 is 11.8 Å². The maximum Gasteiger partial charge on any atom is 0.311 e. The van der Waals surface area contributed by atoms with Crippen molar-refractivity contribution in [3.63, 3.8) is 0 Å². The SMILES string of the molecule is COc1ccc(CNC(=O)C(=O)N2CC(C)CC(C)C2)cc1. The summed E-state index contributed by atoms with van der Waals surface area (Å²) in [5.74, 6) is 0.704. The van der Waals surface area contributed by atoms with Gasteiger partial charge >= 0.3 is 11.8 Å². The van der Waals surface area contributed by atoms with Crippen molar-refractivity contribution in [2.45, 2.75) is 26.8 Å². The second-order valence-electron chi connectivity index (χ2n) is 6.19. The first-order valence-electron chi connectivity index (χ1n) is 7.69. The molecule has 2 rings (SSSR count). The number of carbonyl (C=O) groups is 2. The summed E-state index contributed by atoms with van der Waals surface area (Å²) in [6, 6.07) is 7.40. The van der Waals surface area contributed by atoms with Crippen LogP contribution in [0, 0.1) is 11.8 Å². The molecule has 1 fully saturated rings. The topological polar surface area (TPSA) is 58.6 Å². The van der Waals surface area contributed by atoms with Crippen LogP contribution in [0.4, 0.5) is 0 Å². The van der Waals surface area contributed by atoms with E-state index in [9.17, 15) is 9.59 Å². The minimum absolute atomic E-state index is 0.341. The van der Waals surface area contributed by atoms with Crippen LogP contribution in [0.15, 0.2) is 24.3 Å². The zero-order valence-electron chi connectivity index (χ0n) is 13.5. The quantitative estimate of drug-likeness (QED) is 0.867. The zero-order valence-corrected chi connectivity index (χ0v) is 13.5. The second-order valence-corrected chi connectivity index (χ2v) is 6.19. The molecule has 5 nitrogen and oxygen atoms in total. The highest BCUT2D eigenvalue weighted by atomic mass is 16.5. The lowest BCUT2D eigenvalue weighted by Crippen LogP contribution is -2.48. The Bertz CT molecular complexity index is 517. The highest BCUT2D eigenvalue weighted by Crippen LogP contribution is 2.20. The van der Waals surface area contributed by atoms with Crippen LogP contribution < -0.4 is 10.1 Å². The van der Waals surface area contributed by atoms with Gasteiger partial charge in [-0.3, -0.25) is 9.59 Å². The van der Waals surface area contributed by atoms with Gasteiger partial charge in [-0.15, -0.1) is 0 Å². The number of hydrogen-bond acceptors (Lipinski definition) is 3. The summed E-state index contributed by atoms with van der Waals surface area (Å²) in [5.41, 5.74) is 0.933. The molecular weight excluding hydrogens is 280 g/mol. The molecule has 0 aliphatic carbocycles. The van der Waals surface area contributed by atoms with E-state index in [0.717, 1.165) is 17.7 Å². The largest absolute Gasteiger partial charge is 0.497 e. The van der Waals surface area contributed by atoms with E-state index in [1.807, 2.05) is 24.3 Å². The van der Waals surface area contributed by atoms with E-state index in [2.05, 4.69) is 19.2 Å². The predicted molar refractivity (Wildman–Crippen MR) is 84.4 cm³/mol. The lowest BCUT2D eigenvalue weighted by Gasteiger charge is -2.34. The van der Waals surface area contributed by atoms with Crippen LogP contribution in [0.2, 0.25) is 0 Å². The second kappa shape index (κ2) is 7.29. The van der Waals surface area contributed by atoms with Crippen LogP contribution in [0.1, 0.15) is 25.8 Å². The van der Waals surface area contributed by atoms with Gasteiger partial charge in [0.05, 0.1) is 7.11 Å². The average Bonchev–Trinajstić information content (AvgIpc) is 2.51. The molecule has 0 spiro atoms. The van der Waals surface area contributed by atoms with Gasteiger partial charge in [-0.25, -0.2) is 0 Å². The Morgan fingerprint density at radius 3 is 2.32 bits per heavy atom. The third-order valence-electron chi connectivity index (χ3n) is 3.96. The van der Waals surface area contributed by atoms with E-state index >= 15 is 0 Å². The van der Waals surface area contributed by atoms with Crippen LogP contribution in [0.5, 0.6) is 5.75 Å². The third kappa shape index (κ3) is 4.23. The Morgan fingerprint density at radius 2 is 1.77 bits per heavy atom. The van der Waals surface area contributed by atoms with E-state index in [1.54, 1.807) is 12.0 Å². The Balaban J connectivity index is 1.86. The van der Waals surface area contributed by atoms with Crippen LogP contribution in [0.25, 0.3) is 0 Å². The van der Waals surface area contributed by atoms with Crippen molar-refractivity contribution in [1.82, 2.24) is 10.2 Å². The molecule has 1 heterocycles. The van der Waals surface area contributed by atoms with Crippen molar-refractivity contribution < 1.29 is 14.3 Å². The normalized spacial score (nSPS) is 21.3. The maximum atomic E-state index is 12.2. The number of nitrogens with zero attached hydrogens (tertiary/aromatic N) is 1. The molecule has 1 saturated heterocycles. The summed E-state index contributed by atoms with van der Waals surface area (Å²) in [6.07, 6.45) is 1.11. The molecule has 1 aliphatic rings. The number of nitrogens with one attached hydrogen (secondary N) is 1. The first-order chi connectivity index (χ1) is 10.5. The van der Waals surface area contributed by atoms with Crippen LogP contribution in [0.3, 0.4) is 0 Å². The van der Waals surface area contributed by atoms with Gasteiger partial charge in [0.15, 0.2) is 0 Å². The Labute approximate surface area is 131 Å². The monoisotopic (exact) mass is 304 g/mol. The number of ether oxygens (including phenoxy) is 1. The van der Waals surface area contributed by atoms with Gasteiger partial charge in [0, 0.05) is 19.6 Å². The number of benzene rings is 1. The summed E-state index contributed by atoms with van der Waals surface area (Å²) in [4.78, 5) is 25.9. The summed E-state index contributed by atoms with van der Waals surface area (Å²) >= 11 is 0. The number of carbonyl (C=O) groups excluding carboxylic acids is 2. The molecular formula is C17H24N2O3. The Morgan fingerprint density at radius 1 is 1.18 bits per heavy atom. The molecule has 22 heavy (non-hydrogen) atoms. The van der Waals surface area contributed by atoms with E-state index in [1.165, 1.54) is 0 Å². The predicted octanol–water partition coefficient (Wildman–Crippen LogP) is 1.82. The molecule has 1 aromatic rings. The molecule has 2 amide bonds. The molecule has 1 aliphatic heterocycles. The highest BCUT2D eigenvalue weighted by molar-refractivity contribution is 6.35. The smallest absolute Gasteiger partial charge is 0.311 e. The standard InChI is InChI=1S/C17H24N2O3/c1-12-8-13(2)11-19(10-12)17(21)16(20)18-9-14-4-6-15(22-3)7-5-14/h4-7,12-13H,8-11H2,1-3H3,(H,18,20). The van der Waals surface area contributed by atoms with Crippen LogP contribution in [-0.2, 0) is 16.1 Å². The third-order valence-corrected chi connectivity index (χ3v) is 3.96. The van der Waals surface area contributed by atoms with E-state index < -0.39 is 11.8 Å². The molecule has 2 unspecified atom stereocenters. The fourth-order valence-electron chi connectivity index (χ4n) is 2.97. The van der Waals surface area contributed by atoms with Crippen molar-refractivity contribution in [2.24, 2.45) is 11.8 Å². The van der Waals surface area contributed by atoms with Gasteiger partial charge in [0.1, 0.15) is 5.75 Å². The first-order valence-corrected chi connectivity index (χ1v) is 7.69. The molecule has 120 valence electrons. The first kappa shape index (κ1) is 16.3. The molecule has 0 bridgehead atoms. The molecule has 0 aromatic heterocycles. The van der Waals surface area contributed by atoms with Crippen molar-refractivity contribution in [1.29, 1.82) is 0 Å². The maximum absolute atomic E-state index is 12.2. The number of hydrogen-bond donors (Lipinski definition) is 1. The van der Waals surface area contributed by atoms with Gasteiger partial charge < -0.3 is 15.0 Å². The lowest BCUT2D eigenvalue weighted by molar-refractivity contribution is -0.147. The Hall–Kier alpha value is -2.04. The van der Waals surface area contributed by atoms with Gasteiger partial charge in [-0.1, -0.05) is 26.0 Å². The van der Waals surface area contributed by atoms with Crippen molar-refractivity contribution in [2.75, 3.05) is 20.2 Å². The molecule has 1 N–H and O–H groups in total. The van der Waals surface area contributed by atoms with Crippen LogP contribution >= 0.6 is 0 Å². The molecule has 0 saturated carbocycles. The Kier molecular flexibility index (Phi) is 5.41. The molecule has 5 heteroatoms.